The predicted octanol–water partition coefficient (Wildman–Crippen LogP) is 2.85. The number of hydrogen-bond acceptors (Lipinski definition) is 4. The summed E-state index contributed by atoms with van der Waals surface area (Å²) >= 11 is 5.50. The van der Waals surface area contributed by atoms with Crippen LogP contribution in [0.5, 0.6) is 5.75 Å². The van der Waals surface area contributed by atoms with Gasteiger partial charge in [-0.25, -0.2) is 12.8 Å². The molecule has 1 heterocycles. The first kappa shape index (κ1) is 20.5. The number of nitrogens with one attached hydrogen (secondary N) is 1. The van der Waals surface area contributed by atoms with Gasteiger partial charge in [-0.05, 0) is 61.1 Å². The lowest BCUT2D eigenvalue weighted by atomic mass is 10.2. The van der Waals surface area contributed by atoms with E-state index in [-0.39, 0.29) is 4.90 Å². The molecule has 6 nitrogen and oxygen atoms in total. The molecule has 1 saturated heterocycles. The minimum Gasteiger partial charge on any atom is -0.495 e. The topological polar surface area (TPSA) is 61.9 Å². The Morgan fingerprint density at radius 3 is 2.36 bits per heavy atom. The van der Waals surface area contributed by atoms with Crippen LogP contribution >= 0.6 is 12.2 Å². The first-order valence-corrected chi connectivity index (χ1v) is 10.6. The van der Waals surface area contributed by atoms with E-state index in [2.05, 4.69) is 5.32 Å². The standard InChI is InChI=1S/C19H22FN3O3S2/c1-14-3-8-18(26-2)17(13-14)21-19(27)22-9-11-23(12-10-22)28(24,25)16-6-4-15(20)5-7-16/h3-8,13H,9-12H2,1-2H3,(H,21,27). The second-order valence-electron chi connectivity index (χ2n) is 6.48. The number of hydrogen-bond donors (Lipinski definition) is 1. The highest BCUT2D eigenvalue weighted by Gasteiger charge is 2.29. The first-order valence-electron chi connectivity index (χ1n) is 8.77. The fourth-order valence-electron chi connectivity index (χ4n) is 3.00. The summed E-state index contributed by atoms with van der Waals surface area (Å²) in [4.78, 5) is 2.01. The molecule has 0 aliphatic carbocycles. The smallest absolute Gasteiger partial charge is 0.243 e. The molecule has 150 valence electrons. The van der Waals surface area contributed by atoms with Crippen molar-refractivity contribution in [2.45, 2.75) is 11.8 Å². The molecular formula is C19H22FN3O3S2. The van der Waals surface area contributed by atoms with Crippen LogP contribution in [-0.2, 0) is 10.0 Å². The number of sulfonamides is 1. The number of benzene rings is 2. The van der Waals surface area contributed by atoms with Crippen molar-refractivity contribution in [3.63, 3.8) is 0 Å². The van der Waals surface area contributed by atoms with Crippen LogP contribution in [0.25, 0.3) is 0 Å². The molecule has 0 saturated carbocycles. The summed E-state index contributed by atoms with van der Waals surface area (Å²) in [6.07, 6.45) is 0. The van der Waals surface area contributed by atoms with Gasteiger partial charge in [0.05, 0.1) is 17.7 Å². The average molecular weight is 424 g/mol. The van der Waals surface area contributed by atoms with E-state index < -0.39 is 15.8 Å². The molecule has 1 aliphatic heterocycles. The van der Waals surface area contributed by atoms with E-state index in [1.165, 1.54) is 16.4 Å². The van der Waals surface area contributed by atoms with E-state index in [1.54, 1.807) is 7.11 Å². The highest BCUT2D eigenvalue weighted by atomic mass is 32.2. The summed E-state index contributed by atoms with van der Waals surface area (Å²) in [7, 11) is -2.05. The number of piperazine rings is 1. The van der Waals surface area contributed by atoms with Crippen LogP contribution < -0.4 is 10.1 Å². The maximum atomic E-state index is 13.1. The van der Waals surface area contributed by atoms with Gasteiger partial charge in [-0.3, -0.25) is 0 Å². The van der Waals surface area contributed by atoms with Crippen molar-refractivity contribution in [3.8, 4) is 5.75 Å². The molecule has 0 atom stereocenters. The summed E-state index contributed by atoms with van der Waals surface area (Å²) in [6, 6.07) is 10.6. The molecule has 0 unspecified atom stereocenters. The van der Waals surface area contributed by atoms with Gasteiger partial charge < -0.3 is 15.0 Å². The van der Waals surface area contributed by atoms with Crippen LogP contribution in [0, 0.1) is 12.7 Å². The second kappa shape index (κ2) is 8.42. The predicted molar refractivity (Wildman–Crippen MR) is 111 cm³/mol. The van der Waals surface area contributed by atoms with Crippen LogP contribution in [0.3, 0.4) is 0 Å². The average Bonchev–Trinajstić information content (AvgIpc) is 2.68. The maximum Gasteiger partial charge on any atom is 0.243 e. The summed E-state index contributed by atoms with van der Waals surface area (Å²) in [5.74, 6) is 0.220. The minimum atomic E-state index is -3.65. The van der Waals surface area contributed by atoms with Crippen LogP contribution in [0.4, 0.5) is 10.1 Å². The molecule has 28 heavy (non-hydrogen) atoms. The van der Waals surface area contributed by atoms with Crippen molar-refractivity contribution < 1.29 is 17.5 Å². The van der Waals surface area contributed by atoms with E-state index in [9.17, 15) is 12.8 Å². The third-order valence-electron chi connectivity index (χ3n) is 4.57. The molecule has 0 aromatic heterocycles. The molecular weight excluding hydrogens is 401 g/mol. The van der Waals surface area contributed by atoms with Gasteiger partial charge in [0.15, 0.2) is 5.11 Å². The monoisotopic (exact) mass is 423 g/mol. The van der Waals surface area contributed by atoms with Crippen LogP contribution in [0.2, 0.25) is 0 Å². The van der Waals surface area contributed by atoms with Gasteiger partial charge in [0.1, 0.15) is 11.6 Å². The Labute approximate surface area is 170 Å². The lowest BCUT2D eigenvalue weighted by molar-refractivity contribution is 0.268. The molecule has 0 amide bonds. The van der Waals surface area contributed by atoms with Gasteiger partial charge in [-0.1, -0.05) is 6.07 Å². The van der Waals surface area contributed by atoms with Gasteiger partial charge in [0.2, 0.25) is 10.0 Å². The Morgan fingerprint density at radius 2 is 1.75 bits per heavy atom. The second-order valence-corrected chi connectivity index (χ2v) is 8.80. The number of nitrogens with zero attached hydrogens (tertiary/aromatic N) is 2. The largest absolute Gasteiger partial charge is 0.495 e. The van der Waals surface area contributed by atoms with Crippen LogP contribution in [0.1, 0.15) is 5.56 Å². The summed E-state index contributed by atoms with van der Waals surface area (Å²) in [5, 5.41) is 3.70. The van der Waals surface area contributed by atoms with E-state index in [4.69, 9.17) is 17.0 Å². The molecule has 1 aliphatic rings. The number of methoxy groups -OCH3 is 1. The molecule has 0 radical (unpaired) electrons. The van der Waals surface area contributed by atoms with E-state index in [0.29, 0.717) is 37.0 Å². The maximum absolute atomic E-state index is 13.1. The Morgan fingerprint density at radius 1 is 1.11 bits per heavy atom. The van der Waals surface area contributed by atoms with E-state index >= 15 is 0 Å². The summed E-state index contributed by atoms with van der Waals surface area (Å²) in [6.45, 7) is 3.49. The Hall–Kier alpha value is -2.23. The SMILES string of the molecule is COc1ccc(C)cc1NC(=S)N1CCN(S(=O)(=O)c2ccc(F)cc2)CC1. The van der Waals surface area contributed by atoms with E-state index in [1.807, 2.05) is 30.0 Å². The molecule has 0 spiro atoms. The minimum absolute atomic E-state index is 0.0903. The molecule has 3 rings (SSSR count). The quantitative estimate of drug-likeness (QED) is 0.763. The third-order valence-corrected chi connectivity index (χ3v) is 6.85. The van der Waals surface area contributed by atoms with Crippen molar-refractivity contribution in [3.05, 3.63) is 53.8 Å². The van der Waals surface area contributed by atoms with Crippen molar-refractivity contribution in [1.82, 2.24) is 9.21 Å². The zero-order valence-electron chi connectivity index (χ0n) is 15.7. The number of halogens is 1. The Bertz CT molecular complexity index is 957. The summed E-state index contributed by atoms with van der Waals surface area (Å²) < 4.78 is 45.2. The normalized spacial score (nSPS) is 15.3. The lowest BCUT2D eigenvalue weighted by Gasteiger charge is -2.35. The van der Waals surface area contributed by atoms with Gasteiger partial charge >= 0.3 is 0 Å². The highest BCUT2D eigenvalue weighted by molar-refractivity contribution is 7.89. The van der Waals surface area contributed by atoms with Crippen molar-refractivity contribution in [1.29, 1.82) is 0 Å². The van der Waals surface area contributed by atoms with Crippen LogP contribution in [0.15, 0.2) is 47.4 Å². The number of anilines is 1. The first-order chi connectivity index (χ1) is 13.3. The molecule has 0 bridgehead atoms. The fourth-order valence-corrected chi connectivity index (χ4v) is 4.72. The zero-order chi connectivity index (χ0) is 20.3. The van der Waals surface area contributed by atoms with Crippen molar-refractivity contribution in [2.75, 3.05) is 38.6 Å². The molecule has 2 aromatic rings. The molecule has 2 aromatic carbocycles. The van der Waals surface area contributed by atoms with Gasteiger partial charge in [0, 0.05) is 26.2 Å². The number of aryl methyl sites for hydroxylation is 1. The lowest BCUT2D eigenvalue weighted by Crippen LogP contribution is -2.51. The number of ether oxygens (including phenoxy) is 1. The third kappa shape index (κ3) is 4.43. The molecule has 1 fully saturated rings. The fraction of sp³-hybridized carbons (Fsp3) is 0.316. The van der Waals surface area contributed by atoms with Gasteiger partial charge in [-0.15, -0.1) is 0 Å². The van der Waals surface area contributed by atoms with Crippen molar-refractivity contribution >= 4 is 33.0 Å². The van der Waals surface area contributed by atoms with Gasteiger partial charge in [0.25, 0.3) is 0 Å². The number of rotatable bonds is 4. The Kier molecular flexibility index (Phi) is 6.17. The number of thiocarbonyl (C=S) groups is 1. The highest BCUT2D eigenvalue weighted by Crippen LogP contribution is 2.26. The molecule has 1 N–H and O–H groups in total. The van der Waals surface area contributed by atoms with Crippen LogP contribution in [-0.4, -0.2) is 56.0 Å². The van der Waals surface area contributed by atoms with Gasteiger partial charge in [-0.2, -0.15) is 4.31 Å². The summed E-state index contributed by atoms with van der Waals surface area (Å²) in [5.41, 5.74) is 1.84. The Balaban J connectivity index is 1.64. The van der Waals surface area contributed by atoms with Crippen molar-refractivity contribution in [2.24, 2.45) is 0 Å². The molecule has 9 heteroatoms. The van der Waals surface area contributed by atoms with E-state index in [0.717, 1.165) is 23.4 Å². The zero-order valence-corrected chi connectivity index (χ0v) is 17.3.